The van der Waals surface area contributed by atoms with Crippen LogP contribution in [0.15, 0.2) is 24.3 Å². The standard InChI is InChI=1S/C24H38N4O3/c1-17(2)22(28-15-18(3)31-19(4)16-28)23(29)25-20-9-11-21(12-10-20)26-24(30)27-13-7-5-6-8-14-27/h9-12,17-19,22H,5-8,13-16H2,1-4H3,(H,25,29)(H,26,30). The van der Waals surface area contributed by atoms with Crippen LogP contribution in [-0.4, -0.2) is 66.2 Å². The molecular weight excluding hydrogens is 392 g/mol. The van der Waals surface area contributed by atoms with Crippen LogP contribution in [0.1, 0.15) is 53.4 Å². The summed E-state index contributed by atoms with van der Waals surface area (Å²) in [6.45, 7) is 11.4. The van der Waals surface area contributed by atoms with Crippen molar-refractivity contribution in [3.05, 3.63) is 24.3 Å². The van der Waals surface area contributed by atoms with Crippen LogP contribution >= 0.6 is 0 Å². The summed E-state index contributed by atoms with van der Waals surface area (Å²) in [6, 6.07) is 7.12. The molecule has 1 aromatic carbocycles. The number of carbonyl (C=O) groups is 2. The molecule has 2 fully saturated rings. The van der Waals surface area contributed by atoms with Crippen LogP contribution in [-0.2, 0) is 9.53 Å². The second-order valence-corrected chi connectivity index (χ2v) is 9.30. The van der Waals surface area contributed by atoms with E-state index in [1.54, 1.807) is 0 Å². The van der Waals surface area contributed by atoms with Crippen LogP contribution in [0.4, 0.5) is 16.2 Å². The van der Waals surface area contributed by atoms with Gasteiger partial charge >= 0.3 is 6.03 Å². The molecule has 0 saturated carbocycles. The van der Waals surface area contributed by atoms with Gasteiger partial charge in [-0.15, -0.1) is 0 Å². The third-order valence-electron chi connectivity index (χ3n) is 6.04. The van der Waals surface area contributed by atoms with Gasteiger partial charge in [0.1, 0.15) is 0 Å². The Labute approximate surface area is 186 Å². The maximum Gasteiger partial charge on any atom is 0.321 e. The van der Waals surface area contributed by atoms with Crippen molar-refractivity contribution in [1.82, 2.24) is 9.80 Å². The molecule has 2 heterocycles. The van der Waals surface area contributed by atoms with E-state index < -0.39 is 0 Å². The van der Waals surface area contributed by atoms with Crippen molar-refractivity contribution in [3.8, 4) is 0 Å². The number of rotatable bonds is 5. The Morgan fingerprint density at radius 3 is 1.94 bits per heavy atom. The summed E-state index contributed by atoms with van der Waals surface area (Å²) >= 11 is 0. The smallest absolute Gasteiger partial charge is 0.321 e. The maximum absolute atomic E-state index is 13.1. The Morgan fingerprint density at radius 2 is 1.42 bits per heavy atom. The first-order chi connectivity index (χ1) is 14.8. The van der Waals surface area contributed by atoms with Gasteiger partial charge in [-0.1, -0.05) is 26.7 Å². The molecule has 172 valence electrons. The lowest BCUT2D eigenvalue weighted by molar-refractivity contribution is -0.130. The highest BCUT2D eigenvalue weighted by Gasteiger charge is 2.34. The second-order valence-electron chi connectivity index (χ2n) is 9.30. The fraction of sp³-hybridized carbons (Fsp3) is 0.667. The number of nitrogens with one attached hydrogen (secondary N) is 2. The molecule has 2 N–H and O–H groups in total. The molecule has 0 radical (unpaired) electrons. The fourth-order valence-corrected chi connectivity index (χ4v) is 4.66. The zero-order valence-electron chi connectivity index (χ0n) is 19.4. The first-order valence-electron chi connectivity index (χ1n) is 11.7. The van der Waals surface area contributed by atoms with Gasteiger partial charge in [0.2, 0.25) is 5.91 Å². The topological polar surface area (TPSA) is 73.9 Å². The van der Waals surface area contributed by atoms with E-state index in [1.165, 1.54) is 12.8 Å². The molecule has 0 spiro atoms. The van der Waals surface area contributed by atoms with Crippen LogP contribution < -0.4 is 10.6 Å². The van der Waals surface area contributed by atoms with Gasteiger partial charge in [0.25, 0.3) is 0 Å². The lowest BCUT2D eigenvalue weighted by Gasteiger charge is -2.41. The van der Waals surface area contributed by atoms with Crippen molar-refractivity contribution >= 4 is 23.3 Å². The van der Waals surface area contributed by atoms with E-state index in [-0.39, 0.29) is 36.1 Å². The highest BCUT2D eigenvalue weighted by molar-refractivity contribution is 5.95. The molecule has 3 unspecified atom stereocenters. The normalized spacial score (nSPS) is 23.8. The van der Waals surface area contributed by atoms with Crippen LogP contribution in [0, 0.1) is 5.92 Å². The summed E-state index contributed by atoms with van der Waals surface area (Å²) in [7, 11) is 0. The summed E-state index contributed by atoms with van der Waals surface area (Å²) in [6.07, 6.45) is 4.75. The number of hydrogen-bond donors (Lipinski definition) is 2. The summed E-state index contributed by atoms with van der Waals surface area (Å²) in [5, 5.41) is 6.03. The minimum absolute atomic E-state index is 0.00217. The molecule has 3 atom stereocenters. The van der Waals surface area contributed by atoms with Gasteiger partial charge in [-0.25, -0.2) is 4.79 Å². The Morgan fingerprint density at radius 1 is 0.903 bits per heavy atom. The molecule has 7 heteroatoms. The van der Waals surface area contributed by atoms with E-state index in [9.17, 15) is 9.59 Å². The van der Waals surface area contributed by atoms with Gasteiger partial charge in [0.05, 0.1) is 18.2 Å². The van der Waals surface area contributed by atoms with E-state index in [0.717, 1.165) is 50.4 Å². The third kappa shape index (κ3) is 6.68. The van der Waals surface area contributed by atoms with Gasteiger partial charge in [0, 0.05) is 37.6 Å². The lowest BCUT2D eigenvalue weighted by Crippen LogP contribution is -2.55. The number of carbonyl (C=O) groups excluding carboxylic acids is 2. The number of ether oxygens (including phenoxy) is 1. The molecule has 3 rings (SSSR count). The van der Waals surface area contributed by atoms with Crippen LogP contribution in [0.5, 0.6) is 0 Å². The van der Waals surface area contributed by atoms with Crippen LogP contribution in [0.25, 0.3) is 0 Å². The molecule has 0 aliphatic carbocycles. The Kier molecular flexibility index (Phi) is 8.32. The molecule has 31 heavy (non-hydrogen) atoms. The number of morpholine rings is 1. The number of benzene rings is 1. The van der Waals surface area contributed by atoms with Gasteiger partial charge in [-0.3, -0.25) is 9.69 Å². The molecule has 2 aliphatic heterocycles. The summed E-state index contributed by atoms with van der Waals surface area (Å²) in [4.78, 5) is 29.7. The zero-order valence-corrected chi connectivity index (χ0v) is 19.4. The molecule has 0 bridgehead atoms. The van der Waals surface area contributed by atoms with E-state index in [2.05, 4.69) is 43.2 Å². The first-order valence-corrected chi connectivity index (χ1v) is 11.7. The molecule has 1 aromatic rings. The monoisotopic (exact) mass is 430 g/mol. The van der Waals surface area contributed by atoms with Gasteiger partial charge < -0.3 is 20.3 Å². The van der Waals surface area contributed by atoms with E-state index >= 15 is 0 Å². The molecule has 2 saturated heterocycles. The highest BCUT2D eigenvalue weighted by atomic mass is 16.5. The fourth-order valence-electron chi connectivity index (χ4n) is 4.66. The number of amides is 3. The third-order valence-corrected chi connectivity index (χ3v) is 6.04. The van der Waals surface area contributed by atoms with Crippen molar-refractivity contribution < 1.29 is 14.3 Å². The zero-order chi connectivity index (χ0) is 22.4. The molecule has 7 nitrogen and oxygen atoms in total. The first kappa shape index (κ1) is 23.5. The minimum Gasteiger partial charge on any atom is -0.373 e. The number of nitrogens with zero attached hydrogens (tertiary/aromatic N) is 2. The van der Waals surface area contributed by atoms with Crippen molar-refractivity contribution in [3.63, 3.8) is 0 Å². The maximum atomic E-state index is 13.1. The predicted molar refractivity (Wildman–Crippen MR) is 124 cm³/mol. The van der Waals surface area contributed by atoms with Crippen molar-refractivity contribution in [2.24, 2.45) is 5.92 Å². The molecular formula is C24H38N4O3. The van der Waals surface area contributed by atoms with Crippen LogP contribution in [0.3, 0.4) is 0 Å². The minimum atomic E-state index is -0.212. The number of likely N-dealkylation sites (tertiary alicyclic amines) is 1. The van der Waals surface area contributed by atoms with E-state index in [4.69, 9.17) is 4.74 Å². The number of hydrogen-bond acceptors (Lipinski definition) is 4. The quantitative estimate of drug-likeness (QED) is 0.735. The summed E-state index contributed by atoms with van der Waals surface area (Å²) < 4.78 is 5.83. The van der Waals surface area contributed by atoms with E-state index in [0.29, 0.717) is 0 Å². The van der Waals surface area contributed by atoms with Crippen molar-refractivity contribution in [2.75, 3.05) is 36.8 Å². The van der Waals surface area contributed by atoms with Crippen LogP contribution in [0.2, 0.25) is 0 Å². The van der Waals surface area contributed by atoms with Gasteiger partial charge in [-0.2, -0.15) is 0 Å². The highest BCUT2D eigenvalue weighted by Crippen LogP contribution is 2.21. The number of urea groups is 1. The lowest BCUT2D eigenvalue weighted by atomic mass is 9.99. The van der Waals surface area contributed by atoms with Crippen molar-refractivity contribution in [1.29, 1.82) is 0 Å². The average molecular weight is 431 g/mol. The summed E-state index contributed by atoms with van der Waals surface area (Å²) in [5.41, 5.74) is 1.47. The average Bonchev–Trinajstić information content (AvgIpc) is 2.98. The van der Waals surface area contributed by atoms with Gasteiger partial charge in [0.15, 0.2) is 0 Å². The Bertz CT molecular complexity index is 719. The van der Waals surface area contributed by atoms with Gasteiger partial charge in [-0.05, 0) is 56.9 Å². The molecule has 3 amide bonds. The number of anilines is 2. The summed E-state index contributed by atoms with van der Waals surface area (Å²) in [5.74, 6) is 0.183. The van der Waals surface area contributed by atoms with Crippen molar-refractivity contribution in [2.45, 2.75) is 71.6 Å². The molecule has 0 aromatic heterocycles. The SMILES string of the molecule is CC1CN(C(C(=O)Nc2ccc(NC(=O)N3CCCCCC3)cc2)C(C)C)CC(C)O1. The second kappa shape index (κ2) is 11.0. The molecule has 2 aliphatic rings. The Balaban J connectivity index is 1.58. The predicted octanol–water partition coefficient (Wildman–Crippen LogP) is 4.17. The van der Waals surface area contributed by atoms with E-state index in [1.807, 2.05) is 29.2 Å². The Hall–Kier alpha value is -2.12. The largest absolute Gasteiger partial charge is 0.373 e.